The predicted molar refractivity (Wildman–Crippen MR) is 104 cm³/mol. The molecule has 21 heavy (non-hydrogen) atoms. The van der Waals surface area contributed by atoms with Gasteiger partial charge in [0.05, 0.1) is 11.0 Å². The van der Waals surface area contributed by atoms with Crippen molar-refractivity contribution in [1.82, 2.24) is 9.55 Å². The molecular weight excluding hydrogens is 415 g/mol. The molecule has 0 fully saturated rings. The molecule has 0 saturated carbocycles. The lowest BCUT2D eigenvalue weighted by Gasteiger charge is -2.08. The number of thioether (sulfide) groups is 1. The fourth-order valence-electron chi connectivity index (χ4n) is 2.55. The number of aromatic nitrogens is 2. The molecular formula is C16H22ClIN2S. The largest absolute Gasteiger partial charge is 0.328 e. The minimum absolute atomic E-state index is 0.633. The maximum Gasteiger partial charge on any atom is 0.111 e. The highest BCUT2D eigenvalue weighted by molar-refractivity contribution is 14.1. The van der Waals surface area contributed by atoms with Gasteiger partial charge in [0.25, 0.3) is 0 Å². The van der Waals surface area contributed by atoms with Gasteiger partial charge in [0, 0.05) is 22.4 Å². The number of benzene rings is 1. The Morgan fingerprint density at radius 2 is 2.05 bits per heavy atom. The molecule has 0 amide bonds. The molecule has 0 bridgehead atoms. The second-order valence-corrected chi connectivity index (χ2v) is 7.77. The SMILES string of the molecule is CSCCCCCCn1c(CCCl)nc2cc(I)ccc21. The topological polar surface area (TPSA) is 17.8 Å². The summed E-state index contributed by atoms with van der Waals surface area (Å²) >= 11 is 10.2. The monoisotopic (exact) mass is 436 g/mol. The first-order chi connectivity index (χ1) is 10.3. The van der Waals surface area contributed by atoms with Crippen molar-refractivity contribution in [3.63, 3.8) is 0 Å². The summed E-state index contributed by atoms with van der Waals surface area (Å²) in [6.45, 7) is 1.06. The van der Waals surface area contributed by atoms with Crippen molar-refractivity contribution in [3.05, 3.63) is 27.6 Å². The molecule has 2 aromatic rings. The molecule has 1 aromatic carbocycles. The van der Waals surface area contributed by atoms with E-state index in [4.69, 9.17) is 16.6 Å². The molecule has 2 nitrogen and oxygen atoms in total. The van der Waals surface area contributed by atoms with Crippen molar-refractivity contribution >= 4 is 57.0 Å². The Bertz CT molecular complexity index is 571. The molecule has 116 valence electrons. The Balaban J connectivity index is 2.04. The second kappa shape index (κ2) is 9.26. The van der Waals surface area contributed by atoms with Crippen molar-refractivity contribution in [1.29, 1.82) is 0 Å². The van der Waals surface area contributed by atoms with E-state index in [0.29, 0.717) is 5.88 Å². The number of hydrogen-bond donors (Lipinski definition) is 0. The third-order valence-corrected chi connectivity index (χ3v) is 5.14. The van der Waals surface area contributed by atoms with Gasteiger partial charge in [-0.1, -0.05) is 12.8 Å². The maximum absolute atomic E-state index is 5.93. The second-order valence-electron chi connectivity index (χ2n) is 5.16. The van der Waals surface area contributed by atoms with Gasteiger partial charge in [-0.25, -0.2) is 4.98 Å². The van der Waals surface area contributed by atoms with E-state index in [1.807, 2.05) is 11.8 Å². The van der Waals surface area contributed by atoms with Crippen LogP contribution in [-0.2, 0) is 13.0 Å². The summed E-state index contributed by atoms with van der Waals surface area (Å²) in [6.07, 6.45) is 8.21. The van der Waals surface area contributed by atoms with Crippen LogP contribution in [0.25, 0.3) is 11.0 Å². The first-order valence-corrected chi connectivity index (χ1v) is 10.5. The number of imidazole rings is 1. The summed E-state index contributed by atoms with van der Waals surface area (Å²) in [7, 11) is 0. The minimum atomic E-state index is 0.633. The maximum atomic E-state index is 5.93. The van der Waals surface area contributed by atoms with Crippen LogP contribution < -0.4 is 0 Å². The van der Waals surface area contributed by atoms with E-state index < -0.39 is 0 Å². The van der Waals surface area contributed by atoms with Crippen LogP contribution in [0.4, 0.5) is 0 Å². The van der Waals surface area contributed by atoms with Crippen LogP contribution in [0, 0.1) is 3.57 Å². The highest BCUT2D eigenvalue weighted by Crippen LogP contribution is 2.20. The number of fused-ring (bicyclic) bond motifs is 1. The summed E-state index contributed by atoms with van der Waals surface area (Å²) < 4.78 is 3.60. The number of alkyl halides is 1. The van der Waals surface area contributed by atoms with Crippen molar-refractivity contribution in [2.24, 2.45) is 0 Å². The van der Waals surface area contributed by atoms with Crippen LogP contribution in [-0.4, -0.2) is 27.4 Å². The van der Waals surface area contributed by atoms with Crippen LogP contribution in [0.5, 0.6) is 0 Å². The molecule has 1 heterocycles. The molecule has 2 rings (SSSR count). The van der Waals surface area contributed by atoms with Gasteiger partial charge in [-0.05, 0) is 65.6 Å². The normalized spacial score (nSPS) is 11.4. The third-order valence-electron chi connectivity index (χ3n) is 3.59. The van der Waals surface area contributed by atoms with Gasteiger partial charge >= 0.3 is 0 Å². The number of aryl methyl sites for hydroxylation is 2. The first-order valence-electron chi connectivity index (χ1n) is 7.46. The van der Waals surface area contributed by atoms with E-state index in [0.717, 1.165) is 24.3 Å². The average molecular weight is 437 g/mol. The van der Waals surface area contributed by atoms with Gasteiger partial charge in [0.15, 0.2) is 0 Å². The predicted octanol–water partition coefficient (Wildman–Crippen LogP) is 5.35. The number of nitrogens with zero attached hydrogens (tertiary/aromatic N) is 2. The Kier molecular flexibility index (Phi) is 7.68. The van der Waals surface area contributed by atoms with Crippen LogP contribution in [0.1, 0.15) is 31.5 Å². The van der Waals surface area contributed by atoms with Gasteiger partial charge in [0.2, 0.25) is 0 Å². The van der Waals surface area contributed by atoms with E-state index in [9.17, 15) is 0 Å². The van der Waals surface area contributed by atoms with Crippen LogP contribution >= 0.6 is 46.0 Å². The van der Waals surface area contributed by atoms with Gasteiger partial charge in [-0.3, -0.25) is 0 Å². The lowest BCUT2D eigenvalue weighted by Crippen LogP contribution is -2.05. The smallest absolute Gasteiger partial charge is 0.111 e. The van der Waals surface area contributed by atoms with Crippen molar-refractivity contribution in [2.45, 2.75) is 38.6 Å². The summed E-state index contributed by atoms with van der Waals surface area (Å²) in [4.78, 5) is 4.76. The van der Waals surface area contributed by atoms with Gasteiger partial charge in [-0.15, -0.1) is 11.6 Å². The molecule has 0 N–H and O–H groups in total. The van der Waals surface area contributed by atoms with Crippen molar-refractivity contribution in [3.8, 4) is 0 Å². The Morgan fingerprint density at radius 1 is 1.24 bits per heavy atom. The number of halogens is 2. The Labute approximate surface area is 150 Å². The Hall–Kier alpha value is 0.0600. The van der Waals surface area contributed by atoms with Crippen LogP contribution in [0.3, 0.4) is 0 Å². The van der Waals surface area contributed by atoms with Crippen molar-refractivity contribution < 1.29 is 0 Å². The molecule has 5 heteroatoms. The zero-order chi connectivity index (χ0) is 15.1. The van der Waals surface area contributed by atoms with E-state index >= 15 is 0 Å². The van der Waals surface area contributed by atoms with E-state index in [1.54, 1.807) is 0 Å². The van der Waals surface area contributed by atoms with Gasteiger partial charge < -0.3 is 4.57 Å². The average Bonchev–Trinajstić information content (AvgIpc) is 2.80. The van der Waals surface area contributed by atoms with Crippen LogP contribution in [0.15, 0.2) is 18.2 Å². The molecule has 0 unspecified atom stereocenters. The molecule has 0 radical (unpaired) electrons. The molecule has 0 spiro atoms. The zero-order valence-electron chi connectivity index (χ0n) is 12.4. The number of rotatable bonds is 9. The molecule has 0 aliphatic rings. The summed E-state index contributed by atoms with van der Waals surface area (Å²) in [5.74, 6) is 3.05. The van der Waals surface area contributed by atoms with Gasteiger partial charge in [0.1, 0.15) is 5.82 Å². The van der Waals surface area contributed by atoms with E-state index in [-0.39, 0.29) is 0 Å². The fraction of sp³-hybridized carbons (Fsp3) is 0.562. The molecule has 0 atom stereocenters. The Morgan fingerprint density at radius 3 is 2.81 bits per heavy atom. The van der Waals surface area contributed by atoms with E-state index in [1.165, 1.54) is 40.5 Å². The highest BCUT2D eigenvalue weighted by Gasteiger charge is 2.10. The third kappa shape index (κ3) is 5.03. The standard InChI is InChI=1S/C16H22ClIN2S/c1-21-11-5-3-2-4-10-20-15-7-6-13(18)12-14(15)19-16(20)8-9-17/h6-7,12H,2-5,8-11H2,1H3. The first kappa shape index (κ1) is 17.4. The molecule has 0 aliphatic heterocycles. The van der Waals surface area contributed by atoms with Crippen molar-refractivity contribution in [2.75, 3.05) is 17.9 Å². The van der Waals surface area contributed by atoms with Crippen LogP contribution in [0.2, 0.25) is 0 Å². The fourth-order valence-corrected chi connectivity index (χ4v) is 3.68. The zero-order valence-corrected chi connectivity index (χ0v) is 16.2. The number of unbranched alkanes of at least 4 members (excludes halogenated alkanes) is 3. The van der Waals surface area contributed by atoms with Gasteiger partial charge in [-0.2, -0.15) is 11.8 Å². The lowest BCUT2D eigenvalue weighted by molar-refractivity contribution is 0.578. The summed E-state index contributed by atoms with van der Waals surface area (Å²) in [6, 6.07) is 6.50. The quantitative estimate of drug-likeness (QED) is 0.300. The molecule has 0 aliphatic carbocycles. The minimum Gasteiger partial charge on any atom is -0.328 e. The molecule has 0 saturated heterocycles. The van der Waals surface area contributed by atoms with E-state index in [2.05, 4.69) is 51.6 Å². The molecule has 1 aromatic heterocycles. The summed E-state index contributed by atoms with van der Waals surface area (Å²) in [5, 5.41) is 0. The lowest BCUT2D eigenvalue weighted by atomic mass is 10.2. The highest BCUT2D eigenvalue weighted by atomic mass is 127. The number of hydrogen-bond acceptors (Lipinski definition) is 2. The summed E-state index contributed by atoms with van der Waals surface area (Å²) in [5.41, 5.74) is 2.35.